The number of carbonyl (C=O) groups excluding carboxylic acids is 1. The van der Waals surface area contributed by atoms with Crippen molar-refractivity contribution in [1.82, 2.24) is 4.98 Å². The lowest BCUT2D eigenvalue weighted by Crippen LogP contribution is -2.14. The number of hydrogen-bond acceptors (Lipinski definition) is 4. The summed E-state index contributed by atoms with van der Waals surface area (Å²) in [5.41, 5.74) is 5.95. The minimum atomic E-state index is -1.24. The third kappa shape index (κ3) is 3.40. The highest BCUT2D eigenvalue weighted by molar-refractivity contribution is 6.04. The number of hydrogen-bond donors (Lipinski definition) is 3. The summed E-state index contributed by atoms with van der Waals surface area (Å²) in [5, 5.41) is 11.1. The molecule has 2 aromatic rings. The summed E-state index contributed by atoms with van der Waals surface area (Å²) >= 11 is 0. The van der Waals surface area contributed by atoms with Crippen LogP contribution in [0.1, 0.15) is 26.4 Å². The van der Waals surface area contributed by atoms with Gasteiger partial charge in [-0.05, 0) is 30.3 Å². The van der Waals surface area contributed by atoms with Gasteiger partial charge in [-0.25, -0.2) is 9.18 Å². The topological polar surface area (TPSA) is 105 Å². The summed E-state index contributed by atoms with van der Waals surface area (Å²) in [6.07, 6.45) is 1.43. The average molecular weight is 289 g/mol. The van der Waals surface area contributed by atoms with Crippen molar-refractivity contribution in [3.8, 4) is 0 Å². The zero-order valence-corrected chi connectivity index (χ0v) is 10.8. The van der Waals surface area contributed by atoms with E-state index in [1.807, 2.05) is 0 Å². The number of amides is 1. The zero-order valence-electron chi connectivity index (χ0n) is 10.8. The molecule has 1 aromatic carbocycles. The van der Waals surface area contributed by atoms with Gasteiger partial charge in [-0.2, -0.15) is 0 Å². The fourth-order valence-corrected chi connectivity index (χ4v) is 1.68. The molecule has 6 nitrogen and oxygen atoms in total. The Morgan fingerprint density at radius 2 is 2.00 bits per heavy atom. The van der Waals surface area contributed by atoms with Crippen molar-refractivity contribution in [3.05, 3.63) is 59.2 Å². The zero-order chi connectivity index (χ0) is 15.4. The van der Waals surface area contributed by atoms with Crippen LogP contribution in [0.4, 0.5) is 10.1 Å². The molecule has 0 spiro atoms. The highest BCUT2D eigenvalue weighted by Crippen LogP contribution is 2.17. The van der Waals surface area contributed by atoms with Crippen LogP contribution in [-0.4, -0.2) is 22.0 Å². The minimum Gasteiger partial charge on any atom is -0.478 e. The third-order valence-electron chi connectivity index (χ3n) is 2.75. The van der Waals surface area contributed by atoms with Gasteiger partial charge >= 0.3 is 5.97 Å². The van der Waals surface area contributed by atoms with Crippen molar-refractivity contribution < 1.29 is 19.1 Å². The maximum Gasteiger partial charge on any atom is 0.335 e. The van der Waals surface area contributed by atoms with Crippen LogP contribution in [0.5, 0.6) is 0 Å². The molecular weight excluding hydrogens is 277 g/mol. The van der Waals surface area contributed by atoms with E-state index in [2.05, 4.69) is 10.3 Å². The molecule has 2 rings (SSSR count). The Labute approximate surface area is 119 Å². The van der Waals surface area contributed by atoms with E-state index in [4.69, 9.17) is 10.8 Å². The molecule has 1 aromatic heterocycles. The lowest BCUT2D eigenvalue weighted by Gasteiger charge is -2.07. The van der Waals surface area contributed by atoms with E-state index < -0.39 is 17.7 Å². The van der Waals surface area contributed by atoms with Gasteiger partial charge in [-0.15, -0.1) is 0 Å². The van der Waals surface area contributed by atoms with Gasteiger partial charge in [0.2, 0.25) is 0 Å². The summed E-state index contributed by atoms with van der Waals surface area (Å²) in [6.45, 7) is 0.183. The number of anilines is 1. The Kier molecular flexibility index (Phi) is 4.24. The van der Waals surface area contributed by atoms with Gasteiger partial charge in [-0.1, -0.05) is 0 Å². The predicted octanol–water partition coefficient (Wildman–Crippen LogP) is 1.63. The van der Waals surface area contributed by atoms with Crippen LogP contribution in [0.25, 0.3) is 0 Å². The minimum absolute atomic E-state index is 0.101. The molecule has 108 valence electrons. The molecule has 1 amide bonds. The monoisotopic (exact) mass is 289 g/mol. The number of carboxylic acids is 1. The van der Waals surface area contributed by atoms with Gasteiger partial charge in [0.05, 0.1) is 16.9 Å². The van der Waals surface area contributed by atoms with Crippen molar-refractivity contribution in [2.24, 2.45) is 5.73 Å². The van der Waals surface area contributed by atoms with Crippen LogP contribution in [0.3, 0.4) is 0 Å². The Bertz CT molecular complexity index is 704. The summed E-state index contributed by atoms with van der Waals surface area (Å²) < 4.78 is 13.7. The first-order chi connectivity index (χ1) is 10.0. The number of benzene rings is 1. The third-order valence-corrected chi connectivity index (χ3v) is 2.75. The van der Waals surface area contributed by atoms with E-state index in [0.29, 0.717) is 5.69 Å². The van der Waals surface area contributed by atoms with E-state index in [1.165, 1.54) is 30.5 Å². The number of nitrogens with one attached hydrogen (secondary N) is 1. The maximum atomic E-state index is 13.7. The Morgan fingerprint density at radius 1 is 1.24 bits per heavy atom. The second-order valence-electron chi connectivity index (χ2n) is 4.19. The van der Waals surface area contributed by atoms with Crippen LogP contribution >= 0.6 is 0 Å². The molecule has 0 radical (unpaired) electrons. The van der Waals surface area contributed by atoms with E-state index in [-0.39, 0.29) is 23.4 Å². The van der Waals surface area contributed by atoms with E-state index in [1.54, 1.807) is 0 Å². The van der Waals surface area contributed by atoms with Crippen LogP contribution in [0.2, 0.25) is 0 Å². The molecule has 0 saturated heterocycles. The van der Waals surface area contributed by atoms with Gasteiger partial charge in [0.25, 0.3) is 5.91 Å². The Hall–Kier alpha value is -2.80. The standard InChI is InChI=1S/C14H12FN3O3/c15-11-6-9(14(20)21)1-2-12(11)18-13(19)8-3-4-17-10(5-8)7-16/h1-6H,7,16H2,(H,18,19)(H,20,21). The fraction of sp³-hybridized carbons (Fsp3) is 0.0714. The summed E-state index contributed by atoms with van der Waals surface area (Å²) in [7, 11) is 0. The fourth-order valence-electron chi connectivity index (χ4n) is 1.68. The van der Waals surface area contributed by atoms with Gasteiger partial charge in [0.1, 0.15) is 5.82 Å². The molecule has 7 heteroatoms. The van der Waals surface area contributed by atoms with Crippen molar-refractivity contribution in [3.63, 3.8) is 0 Å². The number of halogens is 1. The first-order valence-corrected chi connectivity index (χ1v) is 6.00. The van der Waals surface area contributed by atoms with Gasteiger partial charge in [0, 0.05) is 18.3 Å². The van der Waals surface area contributed by atoms with Crippen LogP contribution in [0.15, 0.2) is 36.5 Å². The van der Waals surface area contributed by atoms with Crippen LogP contribution in [0, 0.1) is 5.82 Å². The number of carbonyl (C=O) groups is 2. The molecule has 0 bridgehead atoms. The summed E-state index contributed by atoms with van der Waals surface area (Å²) in [6, 6.07) is 6.22. The van der Waals surface area contributed by atoms with Gasteiger partial charge in [-0.3, -0.25) is 9.78 Å². The number of rotatable bonds is 4. The Morgan fingerprint density at radius 3 is 2.62 bits per heavy atom. The lowest BCUT2D eigenvalue weighted by molar-refractivity contribution is 0.0696. The van der Waals surface area contributed by atoms with Gasteiger partial charge < -0.3 is 16.2 Å². The number of aromatic carboxylic acids is 1. The van der Waals surface area contributed by atoms with E-state index >= 15 is 0 Å². The van der Waals surface area contributed by atoms with E-state index in [9.17, 15) is 14.0 Å². The molecule has 0 saturated carbocycles. The molecule has 1 heterocycles. The van der Waals surface area contributed by atoms with Crippen molar-refractivity contribution in [2.75, 3.05) is 5.32 Å². The van der Waals surface area contributed by atoms with Crippen LogP contribution < -0.4 is 11.1 Å². The van der Waals surface area contributed by atoms with Crippen LogP contribution in [-0.2, 0) is 6.54 Å². The molecule has 0 unspecified atom stereocenters. The highest BCUT2D eigenvalue weighted by Gasteiger charge is 2.12. The number of aromatic nitrogens is 1. The molecule has 21 heavy (non-hydrogen) atoms. The quantitative estimate of drug-likeness (QED) is 0.793. The summed E-state index contributed by atoms with van der Waals surface area (Å²) in [4.78, 5) is 26.6. The Balaban J connectivity index is 2.21. The second-order valence-corrected chi connectivity index (χ2v) is 4.19. The van der Waals surface area contributed by atoms with Crippen molar-refractivity contribution in [2.45, 2.75) is 6.54 Å². The molecular formula is C14H12FN3O3. The molecule has 4 N–H and O–H groups in total. The van der Waals surface area contributed by atoms with Crippen molar-refractivity contribution >= 4 is 17.6 Å². The SMILES string of the molecule is NCc1cc(C(=O)Nc2ccc(C(=O)O)cc2F)ccn1. The second kappa shape index (κ2) is 6.10. The molecule has 0 fully saturated rings. The number of nitrogens with two attached hydrogens (primary N) is 1. The van der Waals surface area contributed by atoms with E-state index in [0.717, 1.165) is 6.07 Å². The first kappa shape index (κ1) is 14.6. The predicted molar refractivity (Wildman–Crippen MR) is 73.4 cm³/mol. The average Bonchev–Trinajstić information content (AvgIpc) is 2.49. The van der Waals surface area contributed by atoms with Crippen molar-refractivity contribution in [1.29, 1.82) is 0 Å². The summed E-state index contributed by atoms with van der Waals surface area (Å²) in [5.74, 6) is -2.60. The molecule has 0 atom stereocenters. The molecule has 0 aliphatic rings. The van der Waals surface area contributed by atoms with Gasteiger partial charge in [0.15, 0.2) is 0 Å². The number of carboxylic acid groups (broad SMARTS) is 1. The maximum absolute atomic E-state index is 13.7. The highest BCUT2D eigenvalue weighted by atomic mass is 19.1. The number of pyridine rings is 1. The normalized spacial score (nSPS) is 10.2. The first-order valence-electron chi connectivity index (χ1n) is 6.00. The lowest BCUT2D eigenvalue weighted by atomic mass is 10.1. The molecule has 0 aliphatic carbocycles. The number of nitrogens with zero attached hydrogens (tertiary/aromatic N) is 1. The largest absolute Gasteiger partial charge is 0.478 e. The smallest absolute Gasteiger partial charge is 0.335 e. The molecule has 0 aliphatic heterocycles.